The smallest absolute Gasteiger partial charge is 0.0290 e. The molecule has 0 bridgehead atoms. The van der Waals surface area contributed by atoms with Gasteiger partial charge in [0.05, 0.1) is 0 Å². The van der Waals surface area contributed by atoms with Crippen LogP contribution in [0.5, 0.6) is 0 Å². The highest BCUT2D eigenvalue weighted by Gasteiger charge is 2.41. The zero-order valence-corrected chi connectivity index (χ0v) is 10.2. The van der Waals surface area contributed by atoms with Gasteiger partial charge in [-0.05, 0) is 55.8 Å². The van der Waals surface area contributed by atoms with Crippen LogP contribution in [0.4, 0.5) is 0 Å². The zero-order chi connectivity index (χ0) is 10.6. The molecule has 0 aromatic heterocycles. The Morgan fingerprint density at radius 1 is 1.43 bits per heavy atom. The highest BCUT2D eigenvalue weighted by atomic mass is 14.5. The van der Waals surface area contributed by atoms with Crippen LogP contribution in [0.2, 0.25) is 0 Å². The Labute approximate surface area is 89.8 Å². The van der Waals surface area contributed by atoms with Crippen molar-refractivity contribution >= 4 is 0 Å². The van der Waals surface area contributed by atoms with E-state index in [1.807, 2.05) is 0 Å². The molecule has 0 unspecified atom stereocenters. The summed E-state index contributed by atoms with van der Waals surface area (Å²) in [5.41, 5.74) is 0.719. The van der Waals surface area contributed by atoms with Crippen LogP contribution < -0.4 is 0 Å². The molecule has 0 heteroatoms. The maximum atomic E-state index is 3.80. The van der Waals surface area contributed by atoms with Crippen molar-refractivity contribution in [3.8, 4) is 0 Å². The van der Waals surface area contributed by atoms with Crippen molar-refractivity contribution in [2.75, 3.05) is 0 Å². The molecule has 0 amide bonds. The van der Waals surface area contributed by atoms with Crippen molar-refractivity contribution < 1.29 is 0 Å². The molecule has 1 rings (SSSR count). The van der Waals surface area contributed by atoms with E-state index in [2.05, 4.69) is 33.4 Å². The van der Waals surface area contributed by atoms with Crippen LogP contribution in [0.15, 0.2) is 12.7 Å². The van der Waals surface area contributed by atoms with Crippen molar-refractivity contribution in [2.45, 2.75) is 59.3 Å². The van der Waals surface area contributed by atoms with Crippen LogP contribution in [-0.4, -0.2) is 0 Å². The molecule has 0 N–H and O–H groups in total. The average Bonchev–Trinajstić information content (AvgIpc) is 2.01. The Kier molecular flexibility index (Phi) is 4.22. The summed E-state index contributed by atoms with van der Waals surface area (Å²) in [6, 6.07) is 0. The van der Waals surface area contributed by atoms with Gasteiger partial charge in [-0.3, -0.25) is 0 Å². The highest BCUT2D eigenvalue weighted by molar-refractivity contribution is 4.92. The molecule has 1 aliphatic rings. The second-order valence-corrected chi connectivity index (χ2v) is 5.79. The number of allylic oxidation sites excluding steroid dienone is 1. The van der Waals surface area contributed by atoms with Gasteiger partial charge in [0.25, 0.3) is 0 Å². The molecule has 0 atom stereocenters. The van der Waals surface area contributed by atoms with Crippen LogP contribution in [0.1, 0.15) is 59.3 Å². The third-order valence-corrected chi connectivity index (χ3v) is 3.52. The second kappa shape index (κ2) is 5.00. The predicted octanol–water partition coefficient (Wildman–Crippen LogP) is 4.81. The van der Waals surface area contributed by atoms with Crippen LogP contribution in [0, 0.1) is 17.3 Å². The first-order chi connectivity index (χ1) is 6.58. The predicted molar refractivity (Wildman–Crippen MR) is 64.3 cm³/mol. The van der Waals surface area contributed by atoms with Crippen molar-refractivity contribution in [3.63, 3.8) is 0 Å². The fourth-order valence-corrected chi connectivity index (χ4v) is 3.38. The molecule has 0 saturated heterocycles. The van der Waals surface area contributed by atoms with E-state index in [0.29, 0.717) is 0 Å². The first kappa shape index (κ1) is 11.8. The van der Waals surface area contributed by atoms with E-state index in [1.165, 1.54) is 38.5 Å². The maximum absolute atomic E-state index is 3.80. The second-order valence-electron chi connectivity index (χ2n) is 5.79. The van der Waals surface area contributed by atoms with Gasteiger partial charge in [-0.15, -0.1) is 6.58 Å². The topological polar surface area (TPSA) is 0 Å². The monoisotopic (exact) mass is 194 g/mol. The molecule has 14 heavy (non-hydrogen) atoms. The van der Waals surface area contributed by atoms with Crippen molar-refractivity contribution in [2.24, 2.45) is 17.3 Å². The van der Waals surface area contributed by atoms with Crippen molar-refractivity contribution in [1.82, 2.24) is 0 Å². The molecule has 0 heterocycles. The number of rotatable bonds is 6. The molecule has 1 saturated carbocycles. The van der Waals surface area contributed by atoms with Crippen molar-refractivity contribution in [3.05, 3.63) is 12.7 Å². The molecular formula is C14H26. The van der Waals surface area contributed by atoms with Gasteiger partial charge >= 0.3 is 0 Å². The van der Waals surface area contributed by atoms with Crippen LogP contribution in [-0.2, 0) is 0 Å². The van der Waals surface area contributed by atoms with Crippen LogP contribution >= 0.6 is 0 Å². The first-order valence-corrected chi connectivity index (χ1v) is 6.19. The van der Waals surface area contributed by atoms with Gasteiger partial charge < -0.3 is 0 Å². The quantitative estimate of drug-likeness (QED) is 0.420. The summed E-state index contributed by atoms with van der Waals surface area (Å²) in [4.78, 5) is 0. The minimum atomic E-state index is 0.719. The molecule has 0 aromatic rings. The normalized spacial score (nSPS) is 31.6. The van der Waals surface area contributed by atoms with Crippen molar-refractivity contribution in [1.29, 1.82) is 0 Å². The Balaban J connectivity index is 2.34. The summed E-state index contributed by atoms with van der Waals surface area (Å²) in [5, 5.41) is 0. The van der Waals surface area contributed by atoms with E-state index in [-0.39, 0.29) is 0 Å². The van der Waals surface area contributed by atoms with E-state index < -0.39 is 0 Å². The number of unbranched alkanes of at least 4 members (excludes halogenated alkanes) is 1. The summed E-state index contributed by atoms with van der Waals surface area (Å²) in [5.74, 6) is 1.85. The lowest BCUT2D eigenvalue weighted by Crippen LogP contribution is -2.37. The molecule has 0 radical (unpaired) electrons. The van der Waals surface area contributed by atoms with E-state index in [1.54, 1.807) is 0 Å². The van der Waals surface area contributed by atoms with E-state index >= 15 is 0 Å². The highest BCUT2D eigenvalue weighted by Crippen LogP contribution is 2.52. The van der Waals surface area contributed by atoms with Gasteiger partial charge in [0.15, 0.2) is 0 Å². The van der Waals surface area contributed by atoms with E-state index in [4.69, 9.17) is 0 Å². The number of hydrogen-bond acceptors (Lipinski definition) is 0. The Bertz CT molecular complexity index is 172. The standard InChI is InChI=1S/C14H26/c1-5-6-7-8-14(9-12(2)3)10-13(4)11-14/h5,12-13H,1,6-11H2,2-4H3. The van der Waals surface area contributed by atoms with Gasteiger partial charge in [0, 0.05) is 0 Å². The summed E-state index contributed by atoms with van der Waals surface area (Å²) in [6.45, 7) is 10.9. The minimum Gasteiger partial charge on any atom is -0.103 e. The molecule has 0 spiro atoms. The molecular weight excluding hydrogens is 168 g/mol. The number of hydrogen-bond donors (Lipinski definition) is 0. The fourth-order valence-electron chi connectivity index (χ4n) is 3.38. The molecule has 82 valence electrons. The Hall–Kier alpha value is -0.260. The molecule has 0 aromatic carbocycles. The van der Waals surface area contributed by atoms with Gasteiger partial charge in [-0.25, -0.2) is 0 Å². The summed E-state index contributed by atoms with van der Waals surface area (Å²) in [7, 11) is 0. The molecule has 1 fully saturated rings. The van der Waals surface area contributed by atoms with E-state index in [9.17, 15) is 0 Å². The zero-order valence-electron chi connectivity index (χ0n) is 10.2. The molecule has 0 nitrogen and oxygen atoms in total. The lowest BCUT2D eigenvalue weighted by Gasteiger charge is -2.48. The van der Waals surface area contributed by atoms with Crippen LogP contribution in [0.3, 0.4) is 0 Å². The van der Waals surface area contributed by atoms with Gasteiger partial charge in [0.1, 0.15) is 0 Å². The lowest BCUT2D eigenvalue weighted by molar-refractivity contribution is 0.0306. The summed E-state index contributed by atoms with van der Waals surface area (Å²) >= 11 is 0. The minimum absolute atomic E-state index is 0.719. The Morgan fingerprint density at radius 3 is 2.50 bits per heavy atom. The van der Waals surface area contributed by atoms with Gasteiger partial charge in [-0.2, -0.15) is 0 Å². The Morgan fingerprint density at radius 2 is 2.07 bits per heavy atom. The first-order valence-electron chi connectivity index (χ1n) is 6.19. The third kappa shape index (κ3) is 3.15. The van der Waals surface area contributed by atoms with Crippen LogP contribution in [0.25, 0.3) is 0 Å². The maximum Gasteiger partial charge on any atom is -0.0290 e. The average molecular weight is 194 g/mol. The fraction of sp³-hybridized carbons (Fsp3) is 0.857. The lowest BCUT2D eigenvalue weighted by atomic mass is 9.57. The summed E-state index contributed by atoms with van der Waals surface area (Å²) < 4.78 is 0. The van der Waals surface area contributed by atoms with Gasteiger partial charge in [-0.1, -0.05) is 26.8 Å². The molecule has 0 aliphatic heterocycles. The molecule has 1 aliphatic carbocycles. The summed E-state index contributed by atoms with van der Waals surface area (Å²) in [6.07, 6.45) is 10.4. The third-order valence-electron chi connectivity index (χ3n) is 3.52. The SMILES string of the molecule is C=CCCCC1(CC(C)C)CC(C)C1. The van der Waals surface area contributed by atoms with Gasteiger partial charge in [0.2, 0.25) is 0 Å². The van der Waals surface area contributed by atoms with E-state index in [0.717, 1.165) is 17.3 Å². The largest absolute Gasteiger partial charge is 0.103 e.